The highest BCUT2D eigenvalue weighted by Gasteiger charge is 2.29. The second-order valence-electron chi connectivity index (χ2n) is 11.5. The van der Waals surface area contributed by atoms with Gasteiger partial charge in [0.1, 0.15) is 12.4 Å². The fourth-order valence-corrected chi connectivity index (χ4v) is 3.84. The van der Waals surface area contributed by atoms with Crippen LogP contribution in [0.2, 0.25) is 0 Å². The van der Waals surface area contributed by atoms with Crippen molar-refractivity contribution >= 4 is 41.1 Å². The average molecular weight is 575 g/mol. The predicted molar refractivity (Wildman–Crippen MR) is 156 cm³/mol. The lowest BCUT2D eigenvalue weighted by Gasteiger charge is -2.24. The number of hydrogen-bond donors (Lipinski definition) is 4. The van der Waals surface area contributed by atoms with Crippen molar-refractivity contribution in [2.75, 3.05) is 11.9 Å². The van der Waals surface area contributed by atoms with Crippen molar-refractivity contribution in [1.29, 1.82) is 0 Å². The summed E-state index contributed by atoms with van der Waals surface area (Å²) >= 11 is 0. The van der Waals surface area contributed by atoms with Crippen molar-refractivity contribution in [3.63, 3.8) is 0 Å². The van der Waals surface area contributed by atoms with Crippen LogP contribution in [0.3, 0.4) is 0 Å². The van der Waals surface area contributed by atoms with Crippen LogP contribution in [0.1, 0.15) is 85.6 Å². The Morgan fingerprint density at radius 3 is 2.15 bits per heavy atom. The maximum absolute atomic E-state index is 13.3. The molecule has 1 aromatic carbocycles. The number of ether oxygens (including phenoxy) is 1. The molecule has 2 atom stereocenters. The zero-order chi connectivity index (χ0) is 31.2. The molecule has 0 saturated carbocycles. The number of nitrogens with one attached hydrogen (secondary N) is 3. The van der Waals surface area contributed by atoms with Gasteiger partial charge in [0, 0.05) is 43.8 Å². The first-order chi connectivity index (χ1) is 19.1. The molecule has 0 aromatic heterocycles. The molecule has 0 heterocycles. The van der Waals surface area contributed by atoms with Gasteiger partial charge in [-0.1, -0.05) is 32.9 Å². The Bertz CT molecular complexity index is 1060. The van der Waals surface area contributed by atoms with Gasteiger partial charge in [-0.05, 0) is 57.2 Å². The van der Waals surface area contributed by atoms with Crippen molar-refractivity contribution in [3.8, 4) is 0 Å². The van der Waals surface area contributed by atoms with Gasteiger partial charge in [-0.25, -0.2) is 4.79 Å². The molecule has 0 radical (unpaired) electrons. The second-order valence-corrected chi connectivity index (χ2v) is 11.5. The van der Waals surface area contributed by atoms with Crippen LogP contribution >= 0.6 is 0 Å². The number of hydrogen-bond acceptors (Lipinski definition) is 7. The summed E-state index contributed by atoms with van der Waals surface area (Å²) in [5.41, 5.74) is 5.76. The quantitative estimate of drug-likeness (QED) is 0.162. The summed E-state index contributed by atoms with van der Waals surface area (Å²) in [6.07, 6.45) is 1.02. The van der Waals surface area contributed by atoms with Crippen molar-refractivity contribution in [3.05, 3.63) is 29.8 Å². The minimum absolute atomic E-state index is 0.00270. The Morgan fingerprint density at radius 1 is 0.976 bits per heavy atom. The van der Waals surface area contributed by atoms with Gasteiger partial charge >= 0.3 is 12.0 Å². The molecule has 0 aliphatic carbocycles. The maximum atomic E-state index is 13.3. The van der Waals surface area contributed by atoms with E-state index in [1.54, 1.807) is 65.8 Å². The molecule has 0 spiro atoms. The molecular formula is C30H46N4O7. The van der Waals surface area contributed by atoms with E-state index in [1.165, 1.54) is 0 Å². The zero-order valence-corrected chi connectivity index (χ0v) is 25.1. The highest BCUT2D eigenvalue weighted by atomic mass is 16.5. The first-order valence-corrected chi connectivity index (χ1v) is 14.1. The summed E-state index contributed by atoms with van der Waals surface area (Å²) < 4.78 is 5.32. The van der Waals surface area contributed by atoms with E-state index in [4.69, 9.17) is 10.5 Å². The Hall–Kier alpha value is -3.76. The second kappa shape index (κ2) is 17.1. The Balaban J connectivity index is 2.91. The van der Waals surface area contributed by atoms with Crippen molar-refractivity contribution in [1.82, 2.24) is 10.6 Å². The molecule has 0 aliphatic heterocycles. The van der Waals surface area contributed by atoms with Crippen molar-refractivity contribution in [2.24, 2.45) is 23.0 Å². The molecule has 1 aromatic rings. The molecule has 0 saturated heterocycles. The molecule has 11 nitrogen and oxygen atoms in total. The molecule has 0 aliphatic rings. The number of anilines is 1. The number of urea groups is 1. The SMILES string of the molecule is CCC(=O)CCC(=O)NC(C(=O)CC(CCCNC(N)=O)C(=O)Nc1ccc(COC(=O)C(C)(C)C)cc1)C(C)C. The Labute approximate surface area is 242 Å². The van der Waals surface area contributed by atoms with Gasteiger partial charge in [-0.2, -0.15) is 0 Å². The highest BCUT2D eigenvalue weighted by molar-refractivity contribution is 5.97. The first kappa shape index (κ1) is 35.3. The van der Waals surface area contributed by atoms with Gasteiger partial charge in [0.2, 0.25) is 11.8 Å². The van der Waals surface area contributed by atoms with E-state index in [2.05, 4.69) is 16.0 Å². The summed E-state index contributed by atoms with van der Waals surface area (Å²) in [5.74, 6) is -2.39. The van der Waals surface area contributed by atoms with Crippen molar-refractivity contribution < 1.29 is 33.5 Å². The molecule has 4 amide bonds. The van der Waals surface area contributed by atoms with Crippen LogP contribution in [0, 0.1) is 17.3 Å². The van der Waals surface area contributed by atoms with Crippen LogP contribution in [0.25, 0.3) is 0 Å². The summed E-state index contributed by atoms with van der Waals surface area (Å²) in [7, 11) is 0. The molecule has 228 valence electrons. The molecule has 0 bridgehead atoms. The number of ketones is 2. The number of amides is 4. The number of carbonyl (C=O) groups excluding carboxylic acids is 6. The smallest absolute Gasteiger partial charge is 0.312 e. The molecule has 1 rings (SSSR count). The lowest BCUT2D eigenvalue weighted by molar-refractivity contribution is -0.154. The first-order valence-electron chi connectivity index (χ1n) is 14.1. The molecule has 41 heavy (non-hydrogen) atoms. The Morgan fingerprint density at radius 2 is 1.61 bits per heavy atom. The summed E-state index contributed by atoms with van der Waals surface area (Å²) in [5, 5.41) is 8.03. The number of rotatable bonds is 17. The van der Waals surface area contributed by atoms with E-state index in [9.17, 15) is 28.8 Å². The molecule has 11 heteroatoms. The number of nitrogens with two attached hydrogens (primary N) is 1. The maximum Gasteiger partial charge on any atom is 0.312 e. The number of Topliss-reactive ketones (excluding diaryl/α,β-unsaturated/α-hetero) is 2. The van der Waals surface area contributed by atoms with Gasteiger partial charge in [0.25, 0.3) is 0 Å². The topological polar surface area (TPSA) is 174 Å². The molecule has 0 fully saturated rings. The third kappa shape index (κ3) is 13.9. The van der Waals surface area contributed by atoms with Crippen LogP contribution in [-0.4, -0.2) is 48.0 Å². The minimum atomic E-state index is -0.812. The fourth-order valence-electron chi connectivity index (χ4n) is 3.84. The van der Waals surface area contributed by atoms with Crippen LogP contribution in [-0.2, 0) is 35.3 Å². The van der Waals surface area contributed by atoms with E-state index in [-0.39, 0.29) is 61.8 Å². The third-order valence-electron chi connectivity index (χ3n) is 6.41. The van der Waals surface area contributed by atoms with Gasteiger partial charge in [-0.3, -0.25) is 24.0 Å². The lowest BCUT2D eigenvalue weighted by atomic mass is 9.89. The van der Waals surface area contributed by atoms with E-state index in [0.29, 0.717) is 24.9 Å². The van der Waals surface area contributed by atoms with E-state index >= 15 is 0 Å². The largest absolute Gasteiger partial charge is 0.460 e. The normalized spacial score (nSPS) is 12.7. The summed E-state index contributed by atoms with van der Waals surface area (Å²) in [4.78, 5) is 73.5. The standard InChI is InChI=1S/C30H46N4O7/c1-7-23(35)14-15-25(37)34-26(19(2)3)24(36)17-21(9-8-16-32-29(31)40)27(38)33-22-12-10-20(11-13-22)18-41-28(39)30(4,5)6/h10-13,19,21,26H,7-9,14-18H2,1-6H3,(H,33,38)(H,34,37)(H3,31,32,40). The van der Waals surface area contributed by atoms with Gasteiger partial charge in [0.05, 0.1) is 11.5 Å². The summed E-state index contributed by atoms with van der Waals surface area (Å²) in [6.45, 7) is 11.0. The van der Waals surface area contributed by atoms with Gasteiger partial charge < -0.3 is 26.4 Å². The Kier molecular flexibility index (Phi) is 14.7. The van der Waals surface area contributed by atoms with Gasteiger partial charge in [0.15, 0.2) is 5.78 Å². The lowest BCUT2D eigenvalue weighted by Crippen LogP contribution is -2.45. The third-order valence-corrected chi connectivity index (χ3v) is 6.41. The zero-order valence-electron chi connectivity index (χ0n) is 25.1. The molecular weight excluding hydrogens is 528 g/mol. The van der Waals surface area contributed by atoms with Crippen LogP contribution < -0.4 is 21.7 Å². The number of primary amides is 1. The fraction of sp³-hybridized carbons (Fsp3) is 0.600. The van der Waals surface area contributed by atoms with Gasteiger partial charge in [-0.15, -0.1) is 0 Å². The number of esters is 1. The highest BCUT2D eigenvalue weighted by Crippen LogP contribution is 2.20. The average Bonchev–Trinajstić information content (AvgIpc) is 2.90. The van der Waals surface area contributed by atoms with Crippen LogP contribution in [0.4, 0.5) is 10.5 Å². The minimum Gasteiger partial charge on any atom is -0.460 e. The molecule has 2 unspecified atom stereocenters. The van der Waals surface area contributed by atoms with E-state index in [1.807, 2.05) is 0 Å². The van der Waals surface area contributed by atoms with Crippen molar-refractivity contribution in [2.45, 2.75) is 92.7 Å². The van der Waals surface area contributed by atoms with Crippen LogP contribution in [0.5, 0.6) is 0 Å². The number of benzene rings is 1. The predicted octanol–water partition coefficient (Wildman–Crippen LogP) is 3.64. The van der Waals surface area contributed by atoms with Crippen LogP contribution in [0.15, 0.2) is 24.3 Å². The number of carbonyl (C=O) groups is 6. The molecule has 5 N–H and O–H groups in total. The van der Waals surface area contributed by atoms with E-state index < -0.39 is 29.3 Å². The van der Waals surface area contributed by atoms with E-state index in [0.717, 1.165) is 5.56 Å². The summed E-state index contributed by atoms with van der Waals surface area (Å²) in [6, 6.07) is 5.33. The monoisotopic (exact) mass is 574 g/mol.